The molecule has 2 amide bonds. The molecule has 0 heterocycles. The zero-order valence-corrected chi connectivity index (χ0v) is 16.1. The first kappa shape index (κ1) is 21.9. The zero-order chi connectivity index (χ0) is 21.4. The van der Waals surface area contributed by atoms with E-state index in [1.165, 1.54) is 32.2 Å². The van der Waals surface area contributed by atoms with E-state index in [4.69, 9.17) is 4.74 Å². The molecule has 29 heavy (non-hydrogen) atoms. The third kappa shape index (κ3) is 6.91. The van der Waals surface area contributed by atoms with Gasteiger partial charge in [0.05, 0.1) is 7.11 Å². The van der Waals surface area contributed by atoms with Crippen LogP contribution in [-0.2, 0) is 27.2 Å². The molecular weight excluding hydrogens is 379 g/mol. The molecule has 7 nitrogen and oxygen atoms in total. The van der Waals surface area contributed by atoms with Gasteiger partial charge in [-0.3, -0.25) is 9.59 Å². The van der Waals surface area contributed by atoms with Gasteiger partial charge >= 0.3 is 5.97 Å². The number of carbonyl (C=O) groups excluding carboxylic acids is 2. The molecule has 0 saturated heterocycles. The number of benzene rings is 2. The number of rotatable bonds is 9. The molecule has 0 unspecified atom stereocenters. The largest absolute Gasteiger partial charge is 0.497 e. The summed E-state index contributed by atoms with van der Waals surface area (Å²) in [5.41, 5.74) is 1.20. The van der Waals surface area contributed by atoms with E-state index in [0.717, 1.165) is 0 Å². The van der Waals surface area contributed by atoms with Crippen LogP contribution >= 0.6 is 0 Å². The van der Waals surface area contributed by atoms with Gasteiger partial charge in [-0.15, -0.1) is 0 Å². The van der Waals surface area contributed by atoms with E-state index in [9.17, 15) is 23.9 Å². The molecule has 0 radical (unpaired) electrons. The fraction of sp³-hybridized carbons (Fsp3) is 0.286. The Kier molecular flexibility index (Phi) is 7.70. The predicted octanol–water partition coefficient (Wildman–Crippen LogP) is 1.69. The maximum atomic E-state index is 13.4. The molecule has 154 valence electrons. The summed E-state index contributed by atoms with van der Waals surface area (Å²) >= 11 is 0. The summed E-state index contributed by atoms with van der Waals surface area (Å²) < 4.78 is 18.5. The minimum atomic E-state index is -1.21. The third-order valence-corrected chi connectivity index (χ3v) is 4.24. The summed E-state index contributed by atoms with van der Waals surface area (Å²) in [5.74, 6) is -2.16. The van der Waals surface area contributed by atoms with Gasteiger partial charge in [0.2, 0.25) is 11.8 Å². The van der Waals surface area contributed by atoms with Crippen molar-refractivity contribution in [2.24, 2.45) is 0 Å². The van der Waals surface area contributed by atoms with Crippen molar-refractivity contribution in [2.45, 2.75) is 31.8 Å². The van der Waals surface area contributed by atoms with E-state index in [2.05, 4.69) is 10.6 Å². The van der Waals surface area contributed by atoms with E-state index in [0.29, 0.717) is 16.9 Å². The summed E-state index contributed by atoms with van der Waals surface area (Å²) in [7, 11) is 1.52. The lowest BCUT2D eigenvalue weighted by atomic mass is 10.0. The number of carboxylic acid groups (broad SMARTS) is 1. The number of amides is 2. The Hall–Kier alpha value is -3.42. The standard InChI is InChI=1S/C21H23FN2O5/c1-13(25)23-18(12-15-4-3-5-16(22)10-15)20(26)24-19(21(27)28)11-14-6-8-17(29-2)9-7-14/h3-10,18-19H,11-12H2,1-2H3,(H,23,25)(H,24,26)(H,27,28)/t18-,19+/m1/s1. The van der Waals surface area contributed by atoms with Crippen LogP contribution in [0.5, 0.6) is 5.75 Å². The second-order valence-electron chi connectivity index (χ2n) is 6.54. The Labute approximate surface area is 167 Å². The minimum absolute atomic E-state index is 0.0258. The average molecular weight is 402 g/mol. The van der Waals surface area contributed by atoms with Crippen molar-refractivity contribution in [3.8, 4) is 5.75 Å². The lowest BCUT2D eigenvalue weighted by Crippen LogP contribution is -2.52. The Balaban J connectivity index is 2.12. The first-order valence-electron chi connectivity index (χ1n) is 8.96. The fourth-order valence-electron chi connectivity index (χ4n) is 2.82. The number of nitrogens with one attached hydrogen (secondary N) is 2. The van der Waals surface area contributed by atoms with Crippen molar-refractivity contribution in [2.75, 3.05) is 7.11 Å². The van der Waals surface area contributed by atoms with Crippen molar-refractivity contribution in [1.29, 1.82) is 0 Å². The van der Waals surface area contributed by atoms with Gasteiger partial charge in [-0.05, 0) is 35.4 Å². The van der Waals surface area contributed by atoms with Crippen LogP contribution in [0.1, 0.15) is 18.1 Å². The molecule has 0 fully saturated rings. The van der Waals surface area contributed by atoms with Crippen LogP contribution in [0.15, 0.2) is 48.5 Å². The molecule has 2 atom stereocenters. The van der Waals surface area contributed by atoms with Crippen LogP contribution in [0.25, 0.3) is 0 Å². The molecule has 0 saturated carbocycles. The van der Waals surface area contributed by atoms with Gasteiger partial charge in [0, 0.05) is 19.8 Å². The SMILES string of the molecule is COc1ccc(C[C@H](NC(=O)[C@@H](Cc2cccc(F)c2)NC(C)=O)C(=O)O)cc1. The lowest BCUT2D eigenvalue weighted by Gasteiger charge is -2.21. The molecule has 0 bridgehead atoms. The maximum Gasteiger partial charge on any atom is 0.326 e. The van der Waals surface area contributed by atoms with E-state index in [-0.39, 0.29) is 12.8 Å². The molecule has 2 aromatic carbocycles. The van der Waals surface area contributed by atoms with Crippen molar-refractivity contribution in [3.63, 3.8) is 0 Å². The first-order valence-corrected chi connectivity index (χ1v) is 8.96. The molecule has 8 heteroatoms. The highest BCUT2D eigenvalue weighted by molar-refractivity contribution is 5.90. The Morgan fingerprint density at radius 1 is 1.00 bits per heavy atom. The highest BCUT2D eigenvalue weighted by Gasteiger charge is 2.26. The fourth-order valence-corrected chi connectivity index (χ4v) is 2.82. The summed E-state index contributed by atoms with van der Waals surface area (Å²) in [5, 5.41) is 14.4. The van der Waals surface area contributed by atoms with Crippen LogP contribution in [-0.4, -0.2) is 42.1 Å². The smallest absolute Gasteiger partial charge is 0.326 e. The zero-order valence-electron chi connectivity index (χ0n) is 16.1. The van der Waals surface area contributed by atoms with Crippen LogP contribution < -0.4 is 15.4 Å². The van der Waals surface area contributed by atoms with E-state index >= 15 is 0 Å². The van der Waals surface area contributed by atoms with Crippen molar-refractivity contribution >= 4 is 17.8 Å². The molecule has 0 aliphatic rings. The van der Waals surface area contributed by atoms with Gasteiger partial charge in [-0.2, -0.15) is 0 Å². The molecular formula is C21H23FN2O5. The molecule has 3 N–H and O–H groups in total. The second-order valence-corrected chi connectivity index (χ2v) is 6.54. The van der Waals surface area contributed by atoms with Crippen LogP contribution in [0.4, 0.5) is 4.39 Å². The minimum Gasteiger partial charge on any atom is -0.497 e. The second kappa shape index (κ2) is 10.2. The normalized spacial score (nSPS) is 12.5. The number of carbonyl (C=O) groups is 3. The topological polar surface area (TPSA) is 105 Å². The maximum absolute atomic E-state index is 13.4. The van der Waals surface area contributed by atoms with Crippen molar-refractivity contribution in [3.05, 3.63) is 65.5 Å². The highest BCUT2D eigenvalue weighted by atomic mass is 19.1. The number of methoxy groups -OCH3 is 1. The number of halogens is 1. The van der Waals surface area contributed by atoms with Crippen molar-refractivity contribution in [1.82, 2.24) is 10.6 Å². The predicted molar refractivity (Wildman–Crippen MR) is 104 cm³/mol. The monoisotopic (exact) mass is 402 g/mol. The van der Waals surface area contributed by atoms with Gasteiger partial charge in [0.25, 0.3) is 0 Å². The van der Waals surface area contributed by atoms with Gasteiger partial charge < -0.3 is 20.5 Å². The molecule has 2 rings (SSSR count). The van der Waals surface area contributed by atoms with E-state index in [1.54, 1.807) is 30.3 Å². The van der Waals surface area contributed by atoms with Crippen LogP contribution in [0.3, 0.4) is 0 Å². The molecule has 2 aromatic rings. The van der Waals surface area contributed by atoms with Gasteiger partial charge in [-0.25, -0.2) is 9.18 Å². The summed E-state index contributed by atoms with van der Waals surface area (Å²) in [6, 6.07) is 10.2. The lowest BCUT2D eigenvalue weighted by molar-refractivity contribution is -0.142. The first-order chi connectivity index (χ1) is 13.8. The summed E-state index contributed by atoms with van der Waals surface area (Å²) in [6.45, 7) is 1.25. The van der Waals surface area contributed by atoms with Crippen LogP contribution in [0, 0.1) is 5.82 Å². The van der Waals surface area contributed by atoms with Crippen molar-refractivity contribution < 1.29 is 28.6 Å². The van der Waals surface area contributed by atoms with Crippen LogP contribution in [0.2, 0.25) is 0 Å². The van der Waals surface area contributed by atoms with E-state index in [1.807, 2.05) is 0 Å². The van der Waals surface area contributed by atoms with Gasteiger partial charge in [0.15, 0.2) is 0 Å². The third-order valence-electron chi connectivity index (χ3n) is 4.24. The number of hydrogen-bond donors (Lipinski definition) is 3. The summed E-state index contributed by atoms with van der Waals surface area (Å²) in [4.78, 5) is 35.8. The molecule has 0 spiro atoms. The van der Waals surface area contributed by atoms with E-state index < -0.39 is 35.7 Å². The molecule has 0 aliphatic heterocycles. The number of carboxylic acids is 1. The molecule has 0 aliphatic carbocycles. The van der Waals surface area contributed by atoms with Gasteiger partial charge in [0.1, 0.15) is 23.7 Å². The Morgan fingerprint density at radius 2 is 1.66 bits per heavy atom. The average Bonchev–Trinajstić information content (AvgIpc) is 2.67. The van der Waals surface area contributed by atoms with Gasteiger partial charge in [-0.1, -0.05) is 24.3 Å². The quantitative estimate of drug-likeness (QED) is 0.592. The Bertz CT molecular complexity index is 870. The Morgan fingerprint density at radius 3 is 2.21 bits per heavy atom. The molecule has 0 aromatic heterocycles. The number of aliphatic carboxylic acids is 1. The number of hydrogen-bond acceptors (Lipinski definition) is 4. The number of ether oxygens (including phenoxy) is 1. The highest BCUT2D eigenvalue weighted by Crippen LogP contribution is 2.13. The summed E-state index contributed by atoms with van der Waals surface area (Å²) in [6.07, 6.45) is 0.0792.